The van der Waals surface area contributed by atoms with E-state index in [1.165, 1.54) is 5.56 Å². The Bertz CT molecular complexity index is 367. The summed E-state index contributed by atoms with van der Waals surface area (Å²) in [7, 11) is 0. The van der Waals surface area contributed by atoms with E-state index in [-0.39, 0.29) is 6.04 Å². The highest BCUT2D eigenvalue weighted by Crippen LogP contribution is 2.13. The Morgan fingerprint density at radius 2 is 1.94 bits per heavy atom. The van der Waals surface area contributed by atoms with Gasteiger partial charge in [-0.25, -0.2) is 0 Å². The van der Waals surface area contributed by atoms with Crippen LogP contribution in [0.5, 0.6) is 5.75 Å². The number of benzene rings is 1. The molecular weight excluding hydrogens is 224 g/mol. The molecule has 0 heterocycles. The van der Waals surface area contributed by atoms with Gasteiger partial charge in [-0.3, -0.25) is 5.32 Å². The predicted octanol–water partition coefficient (Wildman–Crippen LogP) is 2.91. The van der Waals surface area contributed by atoms with Gasteiger partial charge in [0, 0.05) is 0 Å². The van der Waals surface area contributed by atoms with Crippen molar-refractivity contribution in [3.05, 3.63) is 29.8 Å². The van der Waals surface area contributed by atoms with Gasteiger partial charge in [-0.15, -0.1) is 0 Å². The van der Waals surface area contributed by atoms with Crippen molar-refractivity contribution in [2.75, 3.05) is 13.2 Å². The average Bonchev–Trinajstić information content (AvgIpc) is 2.41. The monoisotopic (exact) mass is 246 g/mol. The number of nitrogens with zero attached hydrogens (tertiary/aromatic N) is 1. The summed E-state index contributed by atoms with van der Waals surface area (Å²) in [6, 6.07) is 10.1. The lowest BCUT2D eigenvalue weighted by molar-refractivity contribution is 0.289. The van der Waals surface area contributed by atoms with Crippen LogP contribution in [0.3, 0.4) is 0 Å². The second-order valence-electron chi connectivity index (χ2n) is 4.34. The van der Waals surface area contributed by atoms with Gasteiger partial charge in [0.25, 0.3) is 0 Å². The zero-order valence-electron chi connectivity index (χ0n) is 11.3. The highest BCUT2D eigenvalue weighted by Gasteiger charge is 2.06. The van der Waals surface area contributed by atoms with E-state index in [1.54, 1.807) is 0 Å². The van der Waals surface area contributed by atoms with Crippen LogP contribution in [0.25, 0.3) is 0 Å². The summed E-state index contributed by atoms with van der Waals surface area (Å²) < 4.78 is 5.60. The lowest BCUT2D eigenvalue weighted by Gasteiger charge is -2.12. The van der Waals surface area contributed by atoms with Gasteiger partial charge in [-0.05, 0) is 37.1 Å². The Balaban J connectivity index is 2.40. The first-order valence-electron chi connectivity index (χ1n) is 6.64. The first-order valence-corrected chi connectivity index (χ1v) is 6.64. The van der Waals surface area contributed by atoms with E-state index >= 15 is 0 Å². The predicted molar refractivity (Wildman–Crippen MR) is 73.6 cm³/mol. The highest BCUT2D eigenvalue weighted by molar-refractivity contribution is 5.27. The molecule has 0 fully saturated rings. The molecule has 3 heteroatoms. The molecule has 0 saturated heterocycles. The second-order valence-corrected chi connectivity index (χ2v) is 4.34. The Morgan fingerprint density at radius 3 is 2.50 bits per heavy atom. The van der Waals surface area contributed by atoms with Crippen molar-refractivity contribution >= 4 is 0 Å². The highest BCUT2D eigenvalue weighted by atomic mass is 16.5. The quantitative estimate of drug-likeness (QED) is 0.767. The third-order valence-electron chi connectivity index (χ3n) is 2.68. The summed E-state index contributed by atoms with van der Waals surface area (Å²) in [5.41, 5.74) is 1.32. The van der Waals surface area contributed by atoms with Gasteiger partial charge in [0.15, 0.2) is 0 Å². The first-order chi connectivity index (χ1) is 8.80. The summed E-state index contributed by atoms with van der Waals surface area (Å²) in [6.07, 6.45) is 3.26. The normalized spacial score (nSPS) is 11.8. The number of ether oxygens (including phenoxy) is 1. The molecule has 0 aliphatic rings. The lowest BCUT2D eigenvalue weighted by atomic mass is 10.1. The van der Waals surface area contributed by atoms with Crippen molar-refractivity contribution in [3.8, 4) is 11.8 Å². The zero-order valence-corrected chi connectivity index (χ0v) is 11.3. The van der Waals surface area contributed by atoms with Gasteiger partial charge in [0.2, 0.25) is 0 Å². The molecule has 0 amide bonds. The second kappa shape index (κ2) is 8.54. The van der Waals surface area contributed by atoms with E-state index in [9.17, 15) is 0 Å². The number of nitriles is 1. The number of hydrogen-bond donors (Lipinski definition) is 1. The van der Waals surface area contributed by atoms with Crippen molar-refractivity contribution in [2.45, 2.75) is 39.2 Å². The van der Waals surface area contributed by atoms with Gasteiger partial charge >= 0.3 is 0 Å². The summed E-state index contributed by atoms with van der Waals surface area (Å²) in [4.78, 5) is 0. The van der Waals surface area contributed by atoms with Crippen molar-refractivity contribution < 1.29 is 4.74 Å². The van der Waals surface area contributed by atoms with Crippen molar-refractivity contribution in [1.29, 1.82) is 5.26 Å². The molecule has 0 bridgehead atoms. The largest absolute Gasteiger partial charge is 0.491 e. The fourth-order valence-corrected chi connectivity index (χ4v) is 1.68. The van der Waals surface area contributed by atoms with E-state index < -0.39 is 0 Å². The Morgan fingerprint density at radius 1 is 1.22 bits per heavy atom. The number of nitrogens with one attached hydrogen (secondary N) is 1. The molecular formula is C15H22N2O. The number of aryl methyl sites for hydroxylation is 1. The van der Waals surface area contributed by atoms with E-state index in [2.05, 4.69) is 37.4 Å². The molecule has 1 atom stereocenters. The van der Waals surface area contributed by atoms with Gasteiger partial charge in [0.05, 0.1) is 6.07 Å². The van der Waals surface area contributed by atoms with Crippen LogP contribution >= 0.6 is 0 Å². The van der Waals surface area contributed by atoms with Crippen LogP contribution in [-0.4, -0.2) is 19.2 Å². The molecule has 1 aromatic rings. The molecule has 0 saturated carbocycles. The summed E-state index contributed by atoms with van der Waals surface area (Å²) in [5, 5.41) is 12.1. The average molecular weight is 246 g/mol. The minimum Gasteiger partial charge on any atom is -0.491 e. The van der Waals surface area contributed by atoms with Crippen LogP contribution in [0, 0.1) is 11.3 Å². The molecule has 1 unspecified atom stereocenters. The van der Waals surface area contributed by atoms with Crippen LogP contribution in [0.4, 0.5) is 0 Å². The summed E-state index contributed by atoms with van der Waals surface area (Å²) >= 11 is 0. The molecule has 1 N–H and O–H groups in total. The van der Waals surface area contributed by atoms with Crippen LogP contribution in [0.1, 0.15) is 32.3 Å². The van der Waals surface area contributed by atoms with E-state index in [1.807, 2.05) is 12.1 Å². The van der Waals surface area contributed by atoms with E-state index in [0.29, 0.717) is 6.61 Å². The molecule has 0 aliphatic heterocycles. The third kappa shape index (κ3) is 5.20. The summed E-state index contributed by atoms with van der Waals surface area (Å²) in [6.45, 7) is 5.48. The smallest absolute Gasteiger partial charge is 0.130 e. The van der Waals surface area contributed by atoms with Gasteiger partial charge in [-0.2, -0.15) is 5.26 Å². The summed E-state index contributed by atoms with van der Waals surface area (Å²) in [5.74, 6) is 0.827. The Hall–Kier alpha value is -1.53. The molecule has 3 nitrogen and oxygen atoms in total. The van der Waals surface area contributed by atoms with Crippen molar-refractivity contribution in [1.82, 2.24) is 5.32 Å². The van der Waals surface area contributed by atoms with Crippen LogP contribution in [-0.2, 0) is 6.42 Å². The minimum atomic E-state index is -0.236. The first kappa shape index (κ1) is 14.5. The fourth-order valence-electron chi connectivity index (χ4n) is 1.68. The topological polar surface area (TPSA) is 45.0 Å². The van der Waals surface area contributed by atoms with Gasteiger partial charge in [-0.1, -0.05) is 32.4 Å². The third-order valence-corrected chi connectivity index (χ3v) is 2.68. The molecule has 0 spiro atoms. The standard InChI is InChI=1S/C15H22N2O/c1-3-5-13-6-8-15(9-7-13)18-12-14(11-16)17-10-4-2/h6-9,14,17H,3-5,10,12H2,1-2H3. The molecule has 1 aromatic carbocycles. The van der Waals surface area contributed by atoms with Crippen LogP contribution in [0.15, 0.2) is 24.3 Å². The number of hydrogen-bond acceptors (Lipinski definition) is 3. The molecule has 18 heavy (non-hydrogen) atoms. The van der Waals surface area contributed by atoms with Gasteiger partial charge in [0.1, 0.15) is 18.4 Å². The van der Waals surface area contributed by atoms with Crippen molar-refractivity contribution in [2.24, 2.45) is 0 Å². The number of rotatable bonds is 8. The maximum Gasteiger partial charge on any atom is 0.130 e. The lowest BCUT2D eigenvalue weighted by Crippen LogP contribution is -2.33. The zero-order chi connectivity index (χ0) is 13.2. The maximum absolute atomic E-state index is 8.95. The Kier molecular flexibility index (Phi) is 6.90. The molecule has 0 aromatic heterocycles. The Labute approximate surface area is 110 Å². The van der Waals surface area contributed by atoms with Crippen molar-refractivity contribution in [3.63, 3.8) is 0 Å². The molecule has 0 aliphatic carbocycles. The van der Waals surface area contributed by atoms with E-state index in [0.717, 1.165) is 31.6 Å². The fraction of sp³-hybridized carbons (Fsp3) is 0.533. The van der Waals surface area contributed by atoms with Crippen LogP contribution < -0.4 is 10.1 Å². The van der Waals surface area contributed by atoms with Gasteiger partial charge < -0.3 is 4.74 Å². The minimum absolute atomic E-state index is 0.236. The SMILES string of the molecule is CCCNC(C#N)COc1ccc(CCC)cc1. The molecule has 98 valence electrons. The maximum atomic E-state index is 8.95. The molecule has 0 radical (unpaired) electrons. The molecule has 1 rings (SSSR count). The van der Waals surface area contributed by atoms with Crippen LogP contribution in [0.2, 0.25) is 0 Å². The van der Waals surface area contributed by atoms with E-state index in [4.69, 9.17) is 10.00 Å².